The first-order valence-corrected chi connectivity index (χ1v) is 10.8. The molecule has 2 aliphatic rings. The first kappa shape index (κ1) is 20.5. The molecule has 2 saturated heterocycles. The van der Waals surface area contributed by atoms with Gasteiger partial charge in [-0.3, -0.25) is 14.4 Å². The molecule has 2 fully saturated rings. The van der Waals surface area contributed by atoms with Crippen LogP contribution in [0.3, 0.4) is 0 Å². The maximum atomic E-state index is 13.6. The summed E-state index contributed by atoms with van der Waals surface area (Å²) in [5, 5.41) is 2.20. The van der Waals surface area contributed by atoms with E-state index in [-0.39, 0.29) is 11.8 Å². The number of benzene rings is 3. The molecule has 2 heterocycles. The number of anilines is 2. The Morgan fingerprint density at radius 1 is 0.875 bits per heavy atom. The van der Waals surface area contributed by atoms with Gasteiger partial charge < -0.3 is 4.74 Å². The molecule has 2 aliphatic heterocycles. The average Bonchev–Trinajstić information content (AvgIpc) is 3.32. The van der Waals surface area contributed by atoms with Gasteiger partial charge in [0.1, 0.15) is 11.7 Å². The van der Waals surface area contributed by atoms with Crippen LogP contribution in [0.5, 0.6) is 5.75 Å². The van der Waals surface area contributed by atoms with Crippen LogP contribution in [0.4, 0.5) is 11.4 Å². The topological polar surface area (TPSA) is 59.1 Å². The molecule has 0 unspecified atom stereocenters. The summed E-state index contributed by atoms with van der Waals surface area (Å²) in [6, 6.07) is 23.2. The van der Waals surface area contributed by atoms with Gasteiger partial charge in [0.05, 0.1) is 24.0 Å². The van der Waals surface area contributed by atoms with Crippen molar-refractivity contribution in [3.63, 3.8) is 0 Å². The van der Waals surface area contributed by atoms with Gasteiger partial charge in [-0.25, -0.2) is 9.96 Å². The maximum absolute atomic E-state index is 13.6. The minimum Gasteiger partial charge on any atom is -0.494 e. The average molecular weight is 449 g/mol. The zero-order valence-electron chi connectivity index (χ0n) is 17.4. The summed E-state index contributed by atoms with van der Waals surface area (Å²) < 4.78 is 5.86. The fourth-order valence-electron chi connectivity index (χ4n) is 4.39. The molecule has 0 radical (unpaired) electrons. The van der Waals surface area contributed by atoms with Gasteiger partial charge in [-0.2, -0.15) is 0 Å². The highest BCUT2D eigenvalue weighted by Gasteiger charge is 2.60. The van der Waals surface area contributed by atoms with E-state index in [1.807, 2.05) is 61.5 Å². The van der Waals surface area contributed by atoms with Gasteiger partial charge in [0.15, 0.2) is 6.10 Å². The fraction of sp³-hybridized carbons (Fsp3) is 0.200. The van der Waals surface area contributed by atoms with Crippen LogP contribution in [0.25, 0.3) is 0 Å². The Labute approximate surface area is 190 Å². The van der Waals surface area contributed by atoms with Crippen molar-refractivity contribution >= 4 is 34.8 Å². The van der Waals surface area contributed by atoms with Crippen molar-refractivity contribution in [1.82, 2.24) is 0 Å². The smallest absolute Gasteiger partial charge is 0.266 e. The predicted octanol–water partition coefficient (Wildman–Crippen LogP) is 4.79. The van der Waals surface area contributed by atoms with E-state index in [2.05, 4.69) is 0 Å². The van der Waals surface area contributed by atoms with E-state index in [9.17, 15) is 9.59 Å². The van der Waals surface area contributed by atoms with Crippen LogP contribution in [0.2, 0.25) is 5.02 Å². The third-order valence-corrected chi connectivity index (χ3v) is 6.00. The van der Waals surface area contributed by atoms with Crippen LogP contribution in [0, 0.1) is 5.92 Å². The summed E-state index contributed by atoms with van der Waals surface area (Å²) in [5.41, 5.74) is 2.03. The van der Waals surface area contributed by atoms with Crippen LogP contribution < -0.4 is 14.7 Å². The number of carbonyl (C=O) groups excluding carboxylic acids is 2. The van der Waals surface area contributed by atoms with Gasteiger partial charge in [-0.1, -0.05) is 48.0 Å². The van der Waals surface area contributed by atoms with E-state index in [0.717, 1.165) is 11.3 Å². The summed E-state index contributed by atoms with van der Waals surface area (Å²) >= 11 is 5.99. The molecule has 0 N–H and O–H groups in total. The fourth-order valence-corrected chi connectivity index (χ4v) is 4.51. The van der Waals surface area contributed by atoms with Crippen LogP contribution in [0.15, 0.2) is 78.9 Å². The van der Waals surface area contributed by atoms with E-state index in [1.165, 1.54) is 4.90 Å². The van der Waals surface area contributed by atoms with Gasteiger partial charge in [0.25, 0.3) is 5.91 Å². The Kier molecular flexibility index (Phi) is 5.33. The molecule has 3 aromatic carbocycles. The van der Waals surface area contributed by atoms with Gasteiger partial charge in [-0.15, -0.1) is 0 Å². The molecular weight excluding hydrogens is 428 g/mol. The molecule has 0 aromatic heterocycles. The van der Waals surface area contributed by atoms with E-state index in [0.29, 0.717) is 23.1 Å². The number of amides is 2. The lowest BCUT2D eigenvalue weighted by Crippen LogP contribution is -2.37. The lowest BCUT2D eigenvalue weighted by atomic mass is 9.90. The van der Waals surface area contributed by atoms with Gasteiger partial charge in [-0.05, 0) is 49.4 Å². The third kappa shape index (κ3) is 3.32. The number of imide groups is 1. The number of ether oxygens (including phenoxy) is 1. The second-order valence-corrected chi connectivity index (χ2v) is 8.05. The molecule has 162 valence electrons. The quantitative estimate of drug-likeness (QED) is 0.525. The summed E-state index contributed by atoms with van der Waals surface area (Å²) in [5.74, 6) is -0.757. The predicted molar refractivity (Wildman–Crippen MR) is 122 cm³/mol. The number of rotatable bonds is 5. The van der Waals surface area contributed by atoms with Crippen LogP contribution in [0.1, 0.15) is 18.5 Å². The highest BCUT2D eigenvalue weighted by Crippen LogP contribution is 2.49. The van der Waals surface area contributed by atoms with Gasteiger partial charge in [0.2, 0.25) is 5.91 Å². The van der Waals surface area contributed by atoms with Crippen LogP contribution >= 0.6 is 11.6 Å². The molecule has 7 heteroatoms. The zero-order chi connectivity index (χ0) is 22.2. The summed E-state index contributed by atoms with van der Waals surface area (Å²) in [7, 11) is 0. The Morgan fingerprint density at radius 2 is 1.56 bits per heavy atom. The largest absolute Gasteiger partial charge is 0.494 e. The molecule has 2 amide bonds. The second-order valence-electron chi connectivity index (χ2n) is 7.62. The number of hydrogen-bond acceptors (Lipinski definition) is 5. The third-order valence-electron chi connectivity index (χ3n) is 5.75. The normalized spacial score (nSPS) is 22.4. The summed E-state index contributed by atoms with van der Waals surface area (Å²) in [6.07, 6.45) is -0.932. The highest BCUT2D eigenvalue weighted by molar-refractivity contribution is 6.31. The van der Waals surface area contributed by atoms with Gasteiger partial charge in [0, 0.05) is 10.6 Å². The number of carbonyl (C=O) groups is 2. The molecule has 3 aromatic rings. The number of hydrogen-bond donors (Lipinski definition) is 0. The second kappa shape index (κ2) is 8.30. The molecular formula is C25H21ClN2O4. The Bertz CT molecular complexity index is 1150. The lowest BCUT2D eigenvalue weighted by Gasteiger charge is -2.29. The molecule has 5 rings (SSSR count). The number of hydroxylamine groups is 1. The SMILES string of the molecule is CCOc1ccccc1[C@H]1[C@@H]2C(=O)N(c3ccc(Cl)cc3)C(=O)[C@@H]2ON1c1ccccc1. The number of nitrogens with zero attached hydrogens (tertiary/aromatic N) is 2. The monoisotopic (exact) mass is 448 g/mol. The van der Waals surface area contributed by atoms with Crippen LogP contribution in [-0.4, -0.2) is 24.5 Å². The van der Waals surface area contributed by atoms with E-state index >= 15 is 0 Å². The molecule has 32 heavy (non-hydrogen) atoms. The van der Waals surface area contributed by atoms with Gasteiger partial charge >= 0.3 is 0 Å². The van der Waals surface area contributed by atoms with E-state index in [1.54, 1.807) is 29.3 Å². The van der Waals surface area contributed by atoms with Crippen molar-refractivity contribution in [3.05, 3.63) is 89.4 Å². The van der Waals surface area contributed by atoms with E-state index in [4.69, 9.17) is 21.2 Å². The highest BCUT2D eigenvalue weighted by atomic mass is 35.5. The number of fused-ring (bicyclic) bond motifs is 1. The minimum atomic E-state index is -0.932. The molecule has 6 nitrogen and oxygen atoms in total. The van der Waals surface area contributed by atoms with Crippen LogP contribution in [-0.2, 0) is 14.4 Å². The minimum absolute atomic E-state index is 0.308. The van der Waals surface area contributed by atoms with Crippen molar-refractivity contribution in [1.29, 1.82) is 0 Å². The molecule has 3 atom stereocenters. The molecule has 0 saturated carbocycles. The first-order chi connectivity index (χ1) is 15.6. The standard InChI is InChI=1S/C25H21ClN2O4/c1-2-31-20-11-7-6-10-19(20)22-21-23(32-28(22)18-8-4-3-5-9-18)25(30)27(24(21)29)17-14-12-16(26)13-15-17/h3-15,21-23H,2H2,1H3/t21-,22-,23+/m0/s1. The number of halogens is 1. The van der Waals surface area contributed by atoms with Crippen molar-refractivity contribution < 1.29 is 19.2 Å². The van der Waals surface area contributed by atoms with E-state index < -0.39 is 18.1 Å². The van der Waals surface area contributed by atoms with Crippen molar-refractivity contribution in [2.75, 3.05) is 16.6 Å². The Hall–Kier alpha value is -3.35. The summed E-state index contributed by atoms with van der Waals surface area (Å²) in [6.45, 7) is 2.39. The lowest BCUT2D eigenvalue weighted by molar-refractivity contribution is -0.126. The van der Waals surface area contributed by atoms with Crippen molar-refractivity contribution in [2.45, 2.75) is 19.1 Å². The molecule has 0 bridgehead atoms. The Morgan fingerprint density at radius 3 is 2.28 bits per heavy atom. The van der Waals surface area contributed by atoms with Crippen molar-refractivity contribution in [3.8, 4) is 5.75 Å². The first-order valence-electron chi connectivity index (χ1n) is 10.5. The number of para-hydroxylation sites is 2. The summed E-state index contributed by atoms with van der Waals surface area (Å²) in [4.78, 5) is 34.3. The zero-order valence-corrected chi connectivity index (χ0v) is 18.1. The Balaban J connectivity index is 1.61. The van der Waals surface area contributed by atoms with Crippen molar-refractivity contribution in [2.24, 2.45) is 5.92 Å². The molecule has 0 spiro atoms. The maximum Gasteiger partial charge on any atom is 0.266 e. The molecule has 0 aliphatic carbocycles.